The van der Waals surface area contributed by atoms with E-state index in [4.69, 9.17) is 0 Å². The predicted molar refractivity (Wildman–Crippen MR) is 58.4 cm³/mol. The van der Waals surface area contributed by atoms with Crippen molar-refractivity contribution >= 4 is 9.84 Å². The first kappa shape index (κ1) is 11.4. The average molecular weight is 233 g/mol. The highest BCUT2D eigenvalue weighted by molar-refractivity contribution is 7.91. The molecule has 4 atom stereocenters. The van der Waals surface area contributed by atoms with Crippen LogP contribution in [0.5, 0.6) is 0 Å². The molecular formula is C10H19NO3S. The standard InChI is InChI=1S/C10H19NO3S/c1-7-3-2-4-8(7)11-9-5-15(13,14)6-10(9)12/h7-12H,2-6H2,1H3. The van der Waals surface area contributed by atoms with Crippen LogP contribution in [0.2, 0.25) is 0 Å². The average Bonchev–Trinajstić information content (AvgIpc) is 2.59. The van der Waals surface area contributed by atoms with Crippen molar-refractivity contribution in [1.82, 2.24) is 5.32 Å². The minimum absolute atomic E-state index is 0.0776. The van der Waals surface area contributed by atoms with E-state index in [1.165, 1.54) is 12.8 Å². The molecule has 15 heavy (non-hydrogen) atoms. The van der Waals surface area contributed by atoms with Crippen LogP contribution in [0.4, 0.5) is 0 Å². The Balaban J connectivity index is 1.95. The molecule has 88 valence electrons. The first-order valence-corrected chi connectivity index (χ1v) is 7.44. The number of hydrogen-bond acceptors (Lipinski definition) is 4. The fraction of sp³-hybridized carbons (Fsp3) is 1.00. The van der Waals surface area contributed by atoms with Crippen LogP contribution in [0.25, 0.3) is 0 Å². The maximum absolute atomic E-state index is 11.3. The summed E-state index contributed by atoms with van der Waals surface area (Å²) in [5, 5.41) is 12.9. The Morgan fingerprint density at radius 1 is 1.20 bits per heavy atom. The predicted octanol–water partition coefficient (Wildman–Crippen LogP) is -0.0775. The third kappa shape index (κ3) is 2.52. The summed E-state index contributed by atoms with van der Waals surface area (Å²) >= 11 is 0. The molecule has 1 aliphatic carbocycles. The van der Waals surface area contributed by atoms with Crippen LogP contribution in [0.3, 0.4) is 0 Å². The molecule has 1 saturated carbocycles. The van der Waals surface area contributed by atoms with Crippen LogP contribution in [-0.2, 0) is 9.84 Å². The van der Waals surface area contributed by atoms with E-state index in [0.29, 0.717) is 12.0 Å². The Bertz CT molecular complexity index is 328. The van der Waals surface area contributed by atoms with Crippen LogP contribution >= 0.6 is 0 Å². The van der Waals surface area contributed by atoms with Crippen molar-refractivity contribution in [3.8, 4) is 0 Å². The normalized spacial score (nSPS) is 44.7. The van der Waals surface area contributed by atoms with E-state index in [2.05, 4.69) is 12.2 Å². The Morgan fingerprint density at radius 2 is 1.93 bits per heavy atom. The molecule has 0 amide bonds. The van der Waals surface area contributed by atoms with E-state index in [1.807, 2.05) is 0 Å². The van der Waals surface area contributed by atoms with Gasteiger partial charge in [0.25, 0.3) is 0 Å². The lowest BCUT2D eigenvalue weighted by Crippen LogP contribution is -2.45. The van der Waals surface area contributed by atoms with Crippen molar-refractivity contribution in [3.05, 3.63) is 0 Å². The molecule has 0 aromatic heterocycles. The summed E-state index contributed by atoms with van der Waals surface area (Å²) in [7, 11) is -3.02. The van der Waals surface area contributed by atoms with Crippen LogP contribution < -0.4 is 5.32 Å². The van der Waals surface area contributed by atoms with Crippen LogP contribution in [0.15, 0.2) is 0 Å². The molecule has 2 rings (SSSR count). The number of hydrogen-bond donors (Lipinski definition) is 2. The molecule has 0 bridgehead atoms. The van der Waals surface area contributed by atoms with Gasteiger partial charge in [0.1, 0.15) is 0 Å². The van der Waals surface area contributed by atoms with Gasteiger partial charge < -0.3 is 10.4 Å². The molecule has 2 fully saturated rings. The summed E-state index contributed by atoms with van der Waals surface area (Å²) in [5.41, 5.74) is 0. The lowest BCUT2D eigenvalue weighted by molar-refractivity contribution is 0.155. The minimum atomic E-state index is -3.02. The quantitative estimate of drug-likeness (QED) is 0.700. The van der Waals surface area contributed by atoms with Crippen molar-refractivity contribution in [3.63, 3.8) is 0 Å². The van der Waals surface area contributed by atoms with E-state index in [9.17, 15) is 13.5 Å². The van der Waals surface area contributed by atoms with Crippen molar-refractivity contribution in [1.29, 1.82) is 0 Å². The highest BCUT2D eigenvalue weighted by atomic mass is 32.2. The zero-order valence-electron chi connectivity index (χ0n) is 9.02. The number of aliphatic hydroxyl groups is 1. The second kappa shape index (κ2) is 4.03. The molecule has 2 N–H and O–H groups in total. The van der Waals surface area contributed by atoms with Crippen LogP contribution in [0.1, 0.15) is 26.2 Å². The molecule has 0 aromatic carbocycles. The summed E-state index contributed by atoms with van der Waals surface area (Å²) in [6.07, 6.45) is 2.79. The summed E-state index contributed by atoms with van der Waals surface area (Å²) in [5.74, 6) is 0.615. The van der Waals surface area contributed by atoms with Crippen LogP contribution in [-0.4, -0.2) is 43.2 Å². The lowest BCUT2D eigenvalue weighted by atomic mass is 10.0. The molecule has 0 radical (unpaired) electrons. The SMILES string of the molecule is CC1CCCC1NC1CS(=O)(=O)CC1O. The van der Waals surface area contributed by atoms with Crippen molar-refractivity contribution in [2.45, 2.75) is 44.4 Å². The van der Waals surface area contributed by atoms with Gasteiger partial charge in [-0.1, -0.05) is 13.3 Å². The third-order valence-electron chi connectivity index (χ3n) is 3.61. The number of sulfone groups is 1. The molecule has 1 saturated heterocycles. The first-order valence-electron chi connectivity index (χ1n) is 5.62. The zero-order chi connectivity index (χ0) is 11.1. The molecule has 4 unspecified atom stereocenters. The second-order valence-corrected chi connectivity index (χ2v) is 7.09. The number of nitrogens with one attached hydrogen (secondary N) is 1. The zero-order valence-corrected chi connectivity index (χ0v) is 9.83. The highest BCUT2D eigenvalue weighted by Crippen LogP contribution is 2.26. The van der Waals surface area contributed by atoms with Gasteiger partial charge in [0, 0.05) is 12.1 Å². The molecule has 4 nitrogen and oxygen atoms in total. The Hall–Kier alpha value is -0.130. The Morgan fingerprint density at radius 3 is 2.40 bits per heavy atom. The summed E-state index contributed by atoms with van der Waals surface area (Å²) in [4.78, 5) is 0. The largest absolute Gasteiger partial charge is 0.390 e. The lowest BCUT2D eigenvalue weighted by Gasteiger charge is -2.23. The minimum Gasteiger partial charge on any atom is -0.390 e. The van der Waals surface area contributed by atoms with Crippen LogP contribution in [0, 0.1) is 5.92 Å². The molecule has 2 aliphatic rings. The maximum Gasteiger partial charge on any atom is 0.154 e. The molecule has 5 heteroatoms. The van der Waals surface area contributed by atoms with E-state index < -0.39 is 15.9 Å². The van der Waals surface area contributed by atoms with Gasteiger partial charge in [0.15, 0.2) is 9.84 Å². The fourth-order valence-electron chi connectivity index (χ4n) is 2.66. The summed E-state index contributed by atoms with van der Waals surface area (Å²) in [6, 6.07) is 0.137. The topological polar surface area (TPSA) is 66.4 Å². The van der Waals surface area contributed by atoms with E-state index in [-0.39, 0.29) is 17.5 Å². The highest BCUT2D eigenvalue weighted by Gasteiger charge is 2.38. The van der Waals surface area contributed by atoms with Crippen molar-refractivity contribution < 1.29 is 13.5 Å². The molecular weight excluding hydrogens is 214 g/mol. The first-order chi connectivity index (χ1) is 6.98. The van der Waals surface area contributed by atoms with Gasteiger partial charge in [-0.3, -0.25) is 0 Å². The molecule has 0 aromatic rings. The second-order valence-electron chi connectivity index (χ2n) is 4.93. The molecule has 1 heterocycles. The summed E-state index contributed by atoms with van der Waals surface area (Å²) < 4.78 is 22.6. The van der Waals surface area contributed by atoms with Gasteiger partial charge in [-0.25, -0.2) is 8.42 Å². The molecule has 0 spiro atoms. The Labute approximate surface area is 91.0 Å². The van der Waals surface area contributed by atoms with E-state index >= 15 is 0 Å². The fourth-order valence-corrected chi connectivity index (χ4v) is 4.41. The van der Waals surface area contributed by atoms with Crippen molar-refractivity contribution in [2.24, 2.45) is 5.92 Å². The van der Waals surface area contributed by atoms with Gasteiger partial charge in [-0.15, -0.1) is 0 Å². The maximum atomic E-state index is 11.3. The van der Waals surface area contributed by atoms with Gasteiger partial charge in [-0.05, 0) is 18.8 Å². The monoisotopic (exact) mass is 233 g/mol. The Kier molecular flexibility index (Phi) is 3.05. The van der Waals surface area contributed by atoms with Gasteiger partial charge in [0.05, 0.1) is 17.6 Å². The van der Waals surface area contributed by atoms with Crippen molar-refractivity contribution in [2.75, 3.05) is 11.5 Å². The molecule has 1 aliphatic heterocycles. The smallest absolute Gasteiger partial charge is 0.154 e. The van der Waals surface area contributed by atoms with Gasteiger partial charge in [-0.2, -0.15) is 0 Å². The number of rotatable bonds is 2. The van der Waals surface area contributed by atoms with E-state index in [1.54, 1.807) is 0 Å². The number of aliphatic hydroxyl groups excluding tert-OH is 1. The third-order valence-corrected chi connectivity index (χ3v) is 5.33. The van der Waals surface area contributed by atoms with Gasteiger partial charge >= 0.3 is 0 Å². The summed E-state index contributed by atoms with van der Waals surface area (Å²) in [6.45, 7) is 2.18. The van der Waals surface area contributed by atoms with E-state index in [0.717, 1.165) is 6.42 Å². The van der Waals surface area contributed by atoms with Gasteiger partial charge in [0.2, 0.25) is 0 Å².